The molecule has 2 heterocycles. The Morgan fingerprint density at radius 1 is 1.23 bits per heavy atom. The predicted octanol–water partition coefficient (Wildman–Crippen LogP) is 1.77. The highest BCUT2D eigenvalue weighted by Crippen LogP contribution is 2.20. The van der Waals surface area contributed by atoms with Gasteiger partial charge in [-0.15, -0.1) is 0 Å². The number of hydrogen-bond acceptors (Lipinski definition) is 4. The van der Waals surface area contributed by atoms with Crippen LogP contribution in [0.4, 0.5) is 5.69 Å². The molecule has 0 unspecified atom stereocenters. The molecule has 0 spiro atoms. The molecule has 26 heavy (non-hydrogen) atoms. The number of aryl methyl sites for hydroxylation is 2. The number of piperidine rings is 1. The van der Waals surface area contributed by atoms with Crippen molar-refractivity contribution in [3.05, 3.63) is 41.7 Å². The number of rotatable bonds is 5. The Balaban J connectivity index is 1.69. The minimum absolute atomic E-state index is 0.0928. The van der Waals surface area contributed by atoms with Crippen LogP contribution in [0.5, 0.6) is 0 Å². The van der Waals surface area contributed by atoms with Crippen LogP contribution in [0.25, 0.3) is 5.69 Å². The molecule has 1 fully saturated rings. The monoisotopic (exact) mass is 355 g/mol. The number of primary amides is 1. The van der Waals surface area contributed by atoms with Crippen LogP contribution in [0.2, 0.25) is 0 Å². The average molecular weight is 355 g/mol. The van der Waals surface area contributed by atoms with Gasteiger partial charge in [0.2, 0.25) is 11.8 Å². The van der Waals surface area contributed by atoms with Crippen molar-refractivity contribution in [2.45, 2.75) is 39.2 Å². The van der Waals surface area contributed by atoms with E-state index in [2.05, 4.69) is 10.4 Å². The van der Waals surface area contributed by atoms with E-state index >= 15 is 0 Å². The third-order valence-corrected chi connectivity index (χ3v) is 4.66. The lowest BCUT2D eigenvalue weighted by Crippen LogP contribution is -2.50. The topological polar surface area (TPSA) is 93.3 Å². The molecule has 138 valence electrons. The summed E-state index contributed by atoms with van der Waals surface area (Å²) in [5.41, 5.74) is 9.00. The summed E-state index contributed by atoms with van der Waals surface area (Å²) in [5.74, 6) is -0.497. The first-order valence-electron chi connectivity index (χ1n) is 8.91. The molecular formula is C19H25N5O2. The van der Waals surface area contributed by atoms with E-state index in [-0.39, 0.29) is 18.5 Å². The second-order valence-electron chi connectivity index (χ2n) is 6.82. The maximum Gasteiger partial charge on any atom is 0.241 e. The summed E-state index contributed by atoms with van der Waals surface area (Å²) in [6.45, 7) is 4.80. The molecular weight excluding hydrogens is 330 g/mol. The molecule has 3 N–H and O–H groups in total. The van der Waals surface area contributed by atoms with E-state index in [9.17, 15) is 9.59 Å². The minimum atomic E-state index is -0.404. The average Bonchev–Trinajstić information content (AvgIpc) is 2.94. The summed E-state index contributed by atoms with van der Waals surface area (Å²) >= 11 is 0. The number of hydrogen-bond donors (Lipinski definition) is 2. The highest BCUT2D eigenvalue weighted by Gasteiger charge is 2.29. The van der Waals surface area contributed by atoms with E-state index in [4.69, 9.17) is 5.73 Å². The lowest BCUT2D eigenvalue weighted by atomic mass is 10.0. The first-order valence-corrected chi connectivity index (χ1v) is 8.91. The Bertz CT molecular complexity index is 797. The zero-order valence-electron chi connectivity index (χ0n) is 15.2. The van der Waals surface area contributed by atoms with Gasteiger partial charge in [0.1, 0.15) is 0 Å². The van der Waals surface area contributed by atoms with Crippen molar-refractivity contribution < 1.29 is 9.59 Å². The maximum atomic E-state index is 12.6. The molecule has 0 saturated carbocycles. The van der Waals surface area contributed by atoms with Gasteiger partial charge in [0, 0.05) is 11.4 Å². The largest absolute Gasteiger partial charge is 0.369 e. The first-order chi connectivity index (χ1) is 12.4. The van der Waals surface area contributed by atoms with Gasteiger partial charge in [-0.1, -0.05) is 6.42 Å². The van der Waals surface area contributed by atoms with Gasteiger partial charge in [-0.3, -0.25) is 14.5 Å². The second-order valence-corrected chi connectivity index (χ2v) is 6.82. The summed E-state index contributed by atoms with van der Waals surface area (Å²) in [5, 5.41) is 7.41. The summed E-state index contributed by atoms with van der Waals surface area (Å²) in [7, 11) is 0. The van der Waals surface area contributed by atoms with E-state index in [0.717, 1.165) is 48.6 Å². The van der Waals surface area contributed by atoms with E-state index in [0.29, 0.717) is 0 Å². The molecule has 0 aliphatic carbocycles. The van der Waals surface area contributed by atoms with Crippen LogP contribution in [0.3, 0.4) is 0 Å². The zero-order valence-corrected chi connectivity index (χ0v) is 15.2. The van der Waals surface area contributed by atoms with Gasteiger partial charge in [0.15, 0.2) is 0 Å². The quantitative estimate of drug-likeness (QED) is 0.855. The molecule has 7 heteroatoms. The lowest BCUT2D eigenvalue weighted by molar-refractivity contribution is -0.125. The van der Waals surface area contributed by atoms with Gasteiger partial charge < -0.3 is 11.1 Å². The molecule has 7 nitrogen and oxygen atoms in total. The van der Waals surface area contributed by atoms with E-state index in [1.807, 2.05) is 53.8 Å². The Hall–Kier alpha value is -2.67. The van der Waals surface area contributed by atoms with Crippen LogP contribution >= 0.6 is 0 Å². The second kappa shape index (κ2) is 7.70. The van der Waals surface area contributed by atoms with E-state index in [1.54, 1.807) is 0 Å². The number of carbonyl (C=O) groups is 2. The summed E-state index contributed by atoms with van der Waals surface area (Å²) < 4.78 is 1.87. The van der Waals surface area contributed by atoms with Crippen LogP contribution in [-0.2, 0) is 9.59 Å². The number of nitrogens with one attached hydrogen (secondary N) is 1. The predicted molar refractivity (Wildman–Crippen MR) is 100 cm³/mol. The van der Waals surface area contributed by atoms with Gasteiger partial charge in [-0.25, -0.2) is 4.68 Å². The number of nitrogens with zero attached hydrogens (tertiary/aromatic N) is 3. The van der Waals surface area contributed by atoms with Crippen LogP contribution < -0.4 is 11.1 Å². The molecule has 1 atom stereocenters. The minimum Gasteiger partial charge on any atom is -0.369 e. The zero-order chi connectivity index (χ0) is 18.7. The van der Waals surface area contributed by atoms with E-state index < -0.39 is 5.91 Å². The van der Waals surface area contributed by atoms with Crippen molar-refractivity contribution in [2.24, 2.45) is 5.73 Å². The van der Waals surface area contributed by atoms with Crippen molar-refractivity contribution in [3.8, 4) is 5.69 Å². The third-order valence-electron chi connectivity index (χ3n) is 4.66. The molecule has 1 aliphatic rings. The summed E-state index contributed by atoms with van der Waals surface area (Å²) in [6.07, 6.45) is 2.70. The van der Waals surface area contributed by atoms with Crippen molar-refractivity contribution in [1.82, 2.24) is 14.7 Å². The number of nitrogens with two attached hydrogens (primary N) is 1. The summed E-state index contributed by atoms with van der Waals surface area (Å²) in [6, 6.07) is 9.29. The number of anilines is 1. The molecule has 0 bridgehead atoms. The normalized spacial score (nSPS) is 17.8. The van der Waals surface area contributed by atoms with Gasteiger partial charge in [-0.2, -0.15) is 5.10 Å². The highest BCUT2D eigenvalue weighted by atomic mass is 16.2. The Morgan fingerprint density at radius 2 is 1.96 bits per heavy atom. The van der Waals surface area contributed by atoms with Crippen LogP contribution in [0.1, 0.15) is 30.7 Å². The third kappa shape index (κ3) is 4.11. The molecule has 0 radical (unpaired) electrons. The van der Waals surface area contributed by atoms with Crippen molar-refractivity contribution >= 4 is 17.5 Å². The molecule has 1 aliphatic heterocycles. The van der Waals surface area contributed by atoms with Crippen LogP contribution in [0, 0.1) is 13.8 Å². The smallest absolute Gasteiger partial charge is 0.241 e. The molecule has 1 saturated heterocycles. The Labute approximate surface area is 153 Å². The molecule has 1 aromatic carbocycles. The number of likely N-dealkylation sites (tertiary alicyclic amines) is 1. The molecule has 2 aromatic rings. The summed E-state index contributed by atoms with van der Waals surface area (Å²) in [4.78, 5) is 25.8. The SMILES string of the molecule is Cc1cc(C)n(-c2ccc(NC(=O)[C@@H]3CCCCN3CC(N)=O)cc2)n1. The lowest BCUT2D eigenvalue weighted by Gasteiger charge is -2.33. The van der Waals surface area contributed by atoms with Crippen molar-refractivity contribution in [1.29, 1.82) is 0 Å². The van der Waals surface area contributed by atoms with Gasteiger partial charge in [-0.05, 0) is 63.6 Å². The number of amides is 2. The number of aromatic nitrogens is 2. The van der Waals surface area contributed by atoms with Gasteiger partial charge in [0.05, 0.1) is 24.0 Å². The molecule has 3 rings (SSSR count). The Kier molecular flexibility index (Phi) is 5.37. The Morgan fingerprint density at radius 3 is 2.58 bits per heavy atom. The van der Waals surface area contributed by atoms with Gasteiger partial charge in [0.25, 0.3) is 0 Å². The molecule has 2 amide bonds. The highest BCUT2D eigenvalue weighted by molar-refractivity contribution is 5.95. The fourth-order valence-electron chi connectivity index (χ4n) is 3.48. The standard InChI is InChI=1S/C19H25N5O2/c1-13-11-14(2)24(22-13)16-8-6-15(7-9-16)21-19(26)17-5-3-4-10-23(17)12-18(20)25/h6-9,11,17H,3-5,10,12H2,1-2H3,(H2,20,25)(H,21,26)/t17-/m0/s1. The fourth-order valence-corrected chi connectivity index (χ4v) is 3.48. The fraction of sp³-hybridized carbons (Fsp3) is 0.421. The number of carbonyl (C=O) groups excluding carboxylic acids is 2. The van der Waals surface area contributed by atoms with Crippen LogP contribution in [-0.4, -0.2) is 45.6 Å². The maximum absolute atomic E-state index is 12.6. The van der Waals surface area contributed by atoms with Crippen LogP contribution in [0.15, 0.2) is 30.3 Å². The van der Waals surface area contributed by atoms with E-state index in [1.165, 1.54) is 0 Å². The molecule has 1 aromatic heterocycles. The van der Waals surface area contributed by atoms with Crippen molar-refractivity contribution in [3.63, 3.8) is 0 Å². The van der Waals surface area contributed by atoms with Gasteiger partial charge >= 0.3 is 0 Å². The number of benzene rings is 1. The first kappa shape index (κ1) is 18.1. The van der Waals surface area contributed by atoms with Crippen molar-refractivity contribution in [2.75, 3.05) is 18.4 Å².